The maximum absolute atomic E-state index is 12.8. The minimum absolute atomic E-state index is 0.161. The Balaban J connectivity index is 1.10. The minimum Gasteiger partial charge on any atom is -0.449 e. The van der Waals surface area contributed by atoms with Crippen LogP contribution in [0.1, 0.15) is 95.9 Å². The first kappa shape index (κ1) is 28.0. The smallest absolute Gasteiger partial charge is 0.410 e. The molecule has 5 aliphatic rings. The highest BCUT2D eigenvalue weighted by atomic mass is 32.1. The summed E-state index contributed by atoms with van der Waals surface area (Å²) in [5.41, 5.74) is 1.78. The van der Waals surface area contributed by atoms with Gasteiger partial charge >= 0.3 is 6.09 Å². The Morgan fingerprint density at radius 1 is 1.13 bits per heavy atom. The Labute approximate surface area is 239 Å². The van der Waals surface area contributed by atoms with Crippen molar-refractivity contribution in [3.8, 4) is 0 Å². The van der Waals surface area contributed by atoms with Crippen LogP contribution in [0.4, 0.5) is 4.79 Å². The molecule has 2 N–H and O–H groups in total. The number of carbonyl (C=O) groups is 1. The van der Waals surface area contributed by atoms with Crippen LogP contribution < -0.4 is 0 Å². The lowest BCUT2D eigenvalue weighted by Gasteiger charge is -2.64. The van der Waals surface area contributed by atoms with E-state index in [4.69, 9.17) is 4.74 Å². The Morgan fingerprint density at radius 3 is 2.69 bits per heavy atom. The van der Waals surface area contributed by atoms with E-state index < -0.39 is 0 Å². The van der Waals surface area contributed by atoms with Crippen molar-refractivity contribution in [2.24, 2.45) is 52.3 Å². The topological polar surface area (TPSA) is 70.0 Å². The molecule has 11 atom stereocenters. The van der Waals surface area contributed by atoms with Crippen molar-refractivity contribution in [3.05, 3.63) is 21.9 Å². The molecular weight excluding hydrogens is 506 g/mol. The standard InChI is InChI=1S/C33H51NO4S/c1-5-23-27-18-22(35)8-13-33(27,4)26-9-14-32(3)24(6-7-25(32)29(26)30(23)36)20(2)11-16-38-31(37)34-15-10-28-21(19-34)12-17-39-28/h12,17,20,22-27,29-30,35-36H,5-11,13-16,18-19H2,1-4H3/t20-,22-,23-,24-,25+,26+,27+,29+,30-,32-,33-/m1/s1. The van der Waals surface area contributed by atoms with Crippen LogP contribution in [0.25, 0.3) is 0 Å². The zero-order chi connectivity index (χ0) is 27.5. The van der Waals surface area contributed by atoms with Gasteiger partial charge in [0.05, 0.1) is 25.4 Å². The average molecular weight is 558 g/mol. The van der Waals surface area contributed by atoms with Gasteiger partial charge in [-0.05, 0) is 127 Å². The summed E-state index contributed by atoms with van der Waals surface area (Å²) in [5, 5.41) is 24.6. The third-order valence-corrected chi connectivity index (χ3v) is 14.0. The highest BCUT2D eigenvalue weighted by Gasteiger charge is 2.64. The normalized spacial score (nSPS) is 44.1. The summed E-state index contributed by atoms with van der Waals surface area (Å²) < 4.78 is 5.81. The SMILES string of the molecule is CC[C@H]1[C@@H](O)[C@@H]2[C@H](CC[C@]3(C)[C@@H]([C@H](C)CCOC(=O)N4CCc5sccc5C4)CC[C@@H]23)[C@@]2(C)CC[C@@H](O)C[C@@H]12. The molecule has 6 rings (SSSR count). The second kappa shape index (κ2) is 10.6. The van der Waals surface area contributed by atoms with E-state index in [1.165, 1.54) is 36.1 Å². The van der Waals surface area contributed by atoms with Gasteiger partial charge < -0.3 is 19.8 Å². The number of aliphatic hydroxyl groups is 2. The summed E-state index contributed by atoms with van der Waals surface area (Å²) in [6.07, 6.45) is 10.1. The van der Waals surface area contributed by atoms with Gasteiger partial charge in [-0.3, -0.25) is 0 Å². The highest BCUT2D eigenvalue weighted by molar-refractivity contribution is 7.10. The fourth-order valence-electron chi connectivity index (χ4n) is 11.0. The summed E-state index contributed by atoms with van der Waals surface area (Å²) in [7, 11) is 0. The van der Waals surface area contributed by atoms with Gasteiger partial charge in [0.1, 0.15) is 0 Å². The van der Waals surface area contributed by atoms with Gasteiger partial charge in [0, 0.05) is 11.4 Å². The fourth-order valence-corrected chi connectivity index (χ4v) is 11.9. The monoisotopic (exact) mass is 557 g/mol. The van der Waals surface area contributed by atoms with Crippen molar-refractivity contribution in [1.29, 1.82) is 0 Å². The minimum atomic E-state index is -0.240. The maximum atomic E-state index is 12.8. The number of ether oxygens (including phenoxy) is 1. The maximum Gasteiger partial charge on any atom is 0.410 e. The van der Waals surface area contributed by atoms with Crippen molar-refractivity contribution in [2.75, 3.05) is 13.2 Å². The number of rotatable bonds is 5. The number of amides is 1. The van der Waals surface area contributed by atoms with Gasteiger partial charge in [0.15, 0.2) is 0 Å². The van der Waals surface area contributed by atoms with E-state index in [9.17, 15) is 15.0 Å². The molecule has 1 amide bonds. The summed E-state index contributed by atoms with van der Waals surface area (Å²) >= 11 is 1.79. The van der Waals surface area contributed by atoms with Gasteiger partial charge in [0.2, 0.25) is 0 Å². The molecule has 4 aliphatic carbocycles. The summed E-state index contributed by atoms with van der Waals surface area (Å²) in [6.45, 7) is 11.6. The first-order valence-corrected chi connectivity index (χ1v) is 16.9. The first-order valence-electron chi connectivity index (χ1n) is 16.0. The number of fused-ring (bicyclic) bond motifs is 6. The number of hydrogen-bond acceptors (Lipinski definition) is 5. The quantitative estimate of drug-likeness (QED) is 0.413. The molecule has 5 nitrogen and oxygen atoms in total. The molecule has 4 saturated carbocycles. The lowest BCUT2D eigenvalue weighted by atomic mass is 9.41. The van der Waals surface area contributed by atoms with Crippen molar-refractivity contribution < 1.29 is 19.7 Å². The molecule has 218 valence electrons. The van der Waals surface area contributed by atoms with Crippen LogP contribution in [0.5, 0.6) is 0 Å². The van der Waals surface area contributed by atoms with Crippen LogP contribution in [0, 0.1) is 52.3 Å². The molecule has 1 aromatic heterocycles. The van der Waals surface area contributed by atoms with Crippen molar-refractivity contribution in [3.63, 3.8) is 0 Å². The van der Waals surface area contributed by atoms with E-state index in [1.54, 1.807) is 11.3 Å². The summed E-state index contributed by atoms with van der Waals surface area (Å²) in [5.74, 6) is 3.43. The second-order valence-electron chi connectivity index (χ2n) is 14.5. The Kier molecular flexibility index (Phi) is 7.63. The first-order chi connectivity index (χ1) is 18.7. The van der Waals surface area contributed by atoms with Crippen molar-refractivity contribution >= 4 is 17.4 Å². The third kappa shape index (κ3) is 4.59. The summed E-state index contributed by atoms with van der Waals surface area (Å²) in [4.78, 5) is 16.1. The Hall–Kier alpha value is -1.11. The fraction of sp³-hybridized carbons (Fsp3) is 0.848. The zero-order valence-electron chi connectivity index (χ0n) is 24.6. The molecule has 0 unspecified atom stereocenters. The van der Waals surface area contributed by atoms with E-state index in [-0.39, 0.29) is 29.1 Å². The van der Waals surface area contributed by atoms with Crippen molar-refractivity contribution in [2.45, 2.75) is 111 Å². The molecule has 6 heteroatoms. The van der Waals surface area contributed by atoms with Gasteiger partial charge in [-0.2, -0.15) is 0 Å². The van der Waals surface area contributed by atoms with Crippen LogP contribution in [0.15, 0.2) is 11.4 Å². The molecule has 0 aromatic carbocycles. The molecule has 1 aliphatic heterocycles. The predicted octanol–water partition coefficient (Wildman–Crippen LogP) is 6.90. The van der Waals surface area contributed by atoms with E-state index in [0.29, 0.717) is 54.6 Å². The summed E-state index contributed by atoms with van der Waals surface area (Å²) in [6, 6.07) is 2.14. The van der Waals surface area contributed by atoms with Crippen LogP contribution in [0.2, 0.25) is 0 Å². The Bertz CT molecular complexity index is 1040. The molecule has 0 radical (unpaired) electrons. The molecule has 2 heterocycles. The second-order valence-corrected chi connectivity index (χ2v) is 15.5. The molecule has 0 spiro atoms. The molecule has 0 bridgehead atoms. The van der Waals surface area contributed by atoms with E-state index >= 15 is 0 Å². The van der Waals surface area contributed by atoms with E-state index in [1.807, 2.05) is 4.90 Å². The lowest BCUT2D eigenvalue weighted by Crippen LogP contribution is -2.62. The van der Waals surface area contributed by atoms with Gasteiger partial charge in [0.25, 0.3) is 0 Å². The van der Waals surface area contributed by atoms with Crippen LogP contribution >= 0.6 is 11.3 Å². The van der Waals surface area contributed by atoms with Gasteiger partial charge in [-0.15, -0.1) is 11.3 Å². The molecule has 39 heavy (non-hydrogen) atoms. The number of aliphatic hydroxyl groups excluding tert-OH is 2. The number of nitrogens with zero attached hydrogens (tertiary/aromatic N) is 1. The van der Waals surface area contributed by atoms with Crippen LogP contribution in [-0.2, 0) is 17.7 Å². The van der Waals surface area contributed by atoms with Gasteiger partial charge in [-0.25, -0.2) is 4.79 Å². The average Bonchev–Trinajstić information content (AvgIpc) is 3.53. The lowest BCUT2D eigenvalue weighted by molar-refractivity contribution is -0.203. The van der Waals surface area contributed by atoms with E-state index in [0.717, 1.165) is 45.1 Å². The number of carbonyl (C=O) groups excluding carboxylic acids is 1. The Morgan fingerprint density at radius 2 is 1.90 bits per heavy atom. The van der Waals surface area contributed by atoms with Crippen LogP contribution in [0.3, 0.4) is 0 Å². The molecule has 1 aromatic rings. The molecular formula is C33H51NO4S. The highest BCUT2D eigenvalue weighted by Crippen LogP contribution is 2.69. The molecule has 0 saturated heterocycles. The largest absolute Gasteiger partial charge is 0.449 e. The number of thiophene rings is 1. The van der Waals surface area contributed by atoms with Crippen molar-refractivity contribution in [1.82, 2.24) is 4.90 Å². The third-order valence-electron chi connectivity index (χ3n) is 13.0. The molecule has 4 fully saturated rings. The van der Waals surface area contributed by atoms with Crippen LogP contribution in [-0.4, -0.2) is 46.6 Å². The zero-order valence-corrected chi connectivity index (χ0v) is 25.4. The predicted molar refractivity (Wildman–Crippen MR) is 155 cm³/mol. The van der Waals surface area contributed by atoms with E-state index in [2.05, 4.69) is 39.1 Å². The number of hydrogen-bond donors (Lipinski definition) is 2. The van der Waals surface area contributed by atoms with Gasteiger partial charge in [-0.1, -0.05) is 34.1 Å².